The first-order valence-electron chi connectivity index (χ1n) is 12.9. The minimum absolute atomic E-state index is 0.0184. The second-order valence-electron chi connectivity index (χ2n) is 10.7. The van der Waals surface area contributed by atoms with Gasteiger partial charge >= 0.3 is 6.09 Å². The first-order chi connectivity index (χ1) is 17.8. The minimum atomic E-state index is -0.402. The van der Waals surface area contributed by atoms with Crippen LogP contribution < -0.4 is 11.1 Å². The van der Waals surface area contributed by atoms with Crippen LogP contribution in [0.4, 0.5) is 10.6 Å². The highest BCUT2D eigenvalue weighted by atomic mass is 32.1. The van der Waals surface area contributed by atoms with Gasteiger partial charge in [0.25, 0.3) is 0 Å². The molecule has 2 fully saturated rings. The third-order valence-corrected chi connectivity index (χ3v) is 8.15. The number of anilines is 1. The Bertz CT molecular complexity index is 1240. The molecule has 194 valence electrons. The van der Waals surface area contributed by atoms with Gasteiger partial charge in [0.05, 0.1) is 6.54 Å². The van der Waals surface area contributed by atoms with E-state index in [0.717, 1.165) is 53.5 Å². The minimum Gasteiger partial charge on any atom is -0.448 e. The molecular formula is C29H34N4O3S. The average molecular weight is 519 g/mol. The molecule has 1 aromatic carbocycles. The molecule has 5 rings (SSSR count). The first kappa shape index (κ1) is 25.4. The van der Waals surface area contributed by atoms with Crippen molar-refractivity contribution in [2.45, 2.75) is 57.5 Å². The number of ether oxygens (including phenoxy) is 1. The van der Waals surface area contributed by atoms with Crippen LogP contribution in [0.5, 0.6) is 0 Å². The molecule has 2 amide bonds. The maximum atomic E-state index is 12.9. The molecule has 1 saturated carbocycles. The zero-order chi connectivity index (χ0) is 26.0. The Morgan fingerprint density at radius 3 is 2.51 bits per heavy atom. The molecule has 1 aliphatic carbocycles. The molecule has 0 atom stereocenters. The molecule has 2 aromatic heterocycles. The summed E-state index contributed by atoms with van der Waals surface area (Å²) in [5, 5.41) is 7.18. The lowest BCUT2D eigenvalue weighted by Gasteiger charge is -2.32. The van der Waals surface area contributed by atoms with Crippen LogP contribution in [0.3, 0.4) is 0 Å². The van der Waals surface area contributed by atoms with Crippen molar-refractivity contribution in [1.29, 1.82) is 0 Å². The van der Waals surface area contributed by atoms with Crippen molar-refractivity contribution >= 4 is 29.2 Å². The van der Waals surface area contributed by atoms with Crippen LogP contribution in [0.1, 0.15) is 51.5 Å². The number of hydrogen-bond donors (Lipinski definition) is 2. The molecule has 1 aliphatic heterocycles. The molecule has 3 N–H and O–H groups in total. The Morgan fingerprint density at radius 1 is 1.14 bits per heavy atom. The van der Waals surface area contributed by atoms with E-state index in [-0.39, 0.29) is 18.0 Å². The van der Waals surface area contributed by atoms with Crippen molar-refractivity contribution in [3.63, 3.8) is 0 Å². The van der Waals surface area contributed by atoms with Gasteiger partial charge in [0.1, 0.15) is 12.4 Å². The SMILES string of the molecule is CC(C)(N)c1ccc(-c2cnc(NC(=O)CC3CCC(N4CCOC4=O)CC3)cc2-c2ccsc2)cc1. The maximum absolute atomic E-state index is 12.9. The number of benzene rings is 1. The van der Waals surface area contributed by atoms with Crippen molar-refractivity contribution in [3.05, 3.63) is 58.9 Å². The van der Waals surface area contributed by atoms with Crippen molar-refractivity contribution in [2.24, 2.45) is 11.7 Å². The van der Waals surface area contributed by atoms with Gasteiger partial charge < -0.3 is 20.7 Å². The third-order valence-electron chi connectivity index (χ3n) is 7.47. The van der Waals surface area contributed by atoms with Crippen LogP contribution in [0.15, 0.2) is 53.4 Å². The first-order valence-corrected chi connectivity index (χ1v) is 13.9. The normalized spacial score (nSPS) is 20.1. The van der Waals surface area contributed by atoms with Crippen molar-refractivity contribution < 1.29 is 14.3 Å². The summed E-state index contributed by atoms with van der Waals surface area (Å²) >= 11 is 1.64. The highest BCUT2D eigenvalue weighted by Crippen LogP contribution is 2.36. The fourth-order valence-corrected chi connectivity index (χ4v) is 6.00. The van der Waals surface area contributed by atoms with Crippen molar-refractivity contribution in [1.82, 2.24) is 9.88 Å². The van der Waals surface area contributed by atoms with Gasteiger partial charge in [0, 0.05) is 29.8 Å². The lowest BCUT2D eigenvalue weighted by molar-refractivity contribution is -0.117. The van der Waals surface area contributed by atoms with Gasteiger partial charge in [-0.1, -0.05) is 24.3 Å². The number of carbonyl (C=O) groups excluding carboxylic acids is 2. The molecule has 7 nitrogen and oxygen atoms in total. The Labute approximate surface area is 222 Å². The van der Waals surface area contributed by atoms with Crippen molar-refractivity contribution in [3.8, 4) is 22.3 Å². The van der Waals surface area contributed by atoms with Gasteiger partial charge in [-0.25, -0.2) is 9.78 Å². The molecule has 0 spiro atoms. The number of hydrogen-bond acceptors (Lipinski definition) is 6. The number of thiophene rings is 1. The molecule has 1 saturated heterocycles. The lowest BCUT2D eigenvalue weighted by atomic mass is 9.83. The molecule has 0 radical (unpaired) electrons. The Balaban J connectivity index is 1.26. The standard InChI is InChI=1S/C29H34N4O3S/c1-29(2,30)22-7-5-20(6-8-22)25-17-31-26(16-24(25)21-11-14-37-18-21)32-27(34)15-19-3-9-23(10-4-19)33-12-13-36-28(33)35/h5-8,11,14,16-19,23H,3-4,9-10,12-13,15,30H2,1-2H3,(H,31,32,34). The summed E-state index contributed by atoms with van der Waals surface area (Å²) in [5.74, 6) is 0.856. The number of cyclic esters (lactones) is 1. The van der Waals surface area contributed by atoms with E-state index in [1.54, 1.807) is 11.3 Å². The highest BCUT2D eigenvalue weighted by Gasteiger charge is 2.33. The van der Waals surface area contributed by atoms with Gasteiger partial charge in [-0.05, 0) is 90.6 Å². The summed E-state index contributed by atoms with van der Waals surface area (Å²) in [6.07, 6.45) is 5.81. The molecular weight excluding hydrogens is 484 g/mol. The third kappa shape index (κ3) is 5.86. The van der Waals surface area contributed by atoms with Crippen LogP contribution in [-0.2, 0) is 15.1 Å². The fourth-order valence-electron chi connectivity index (χ4n) is 5.34. The number of aromatic nitrogens is 1. The summed E-state index contributed by atoms with van der Waals surface area (Å²) in [4.78, 5) is 31.2. The average Bonchev–Trinajstić information content (AvgIpc) is 3.56. The van der Waals surface area contributed by atoms with E-state index in [9.17, 15) is 9.59 Å². The quantitative estimate of drug-likeness (QED) is 0.399. The number of rotatable bonds is 7. The number of pyridine rings is 1. The van der Waals surface area contributed by atoms with Crippen LogP contribution in [0, 0.1) is 5.92 Å². The van der Waals surface area contributed by atoms with E-state index < -0.39 is 5.54 Å². The van der Waals surface area contributed by atoms with Crippen LogP contribution in [0.25, 0.3) is 22.3 Å². The number of amides is 2. The summed E-state index contributed by atoms with van der Waals surface area (Å²) in [7, 11) is 0. The van der Waals surface area contributed by atoms with E-state index >= 15 is 0 Å². The number of nitrogens with one attached hydrogen (secondary N) is 1. The summed E-state index contributed by atoms with van der Waals surface area (Å²) in [6, 6.07) is 12.6. The monoisotopic (exact) mass is 518 g/mol. The van der Waals surface area contributed by atoms with Gasteiger partial charge in [0.15, 0.2) is 0 Å². The second-order valence-corrected chi connectivity index (χ2v) is 11.4. The number of nitrogens with zero attached hydrogens (tertiary/aromatic N) is 2. The molecule has 0 unspecified atom stereocenters. The second kappa shape index (κ2) is 10.6. The smallest absolute Gasteiger partial charge is 0.410 e. The van der Waals surface area contributed by atoms with E-state index in [2.05, 4.69) is 51.4 Å². The fraction of sp³-hybridized carbons (Fsp3) is 0.414. The van der Waals surface area contributed by atoms with E-state index in [0.29, 0.717) is 31.3 Å². The van der Waals surface area contributed by atoms with Crippen LogP contribution >= 0.6 is 11.3 Å². The Hall–Kier alpha value is -3.23. The number of nitrogens with two attached hydrogens (primary N) is 1. The summed E-state index contributed by atoms with van der Waals surface area (Å²) in [5.41, 5.74) is 11.1. The maximum Gasteiger partial charge on any atom is 0.410 e. The predicted octanol–water partition coefficient (Wildman–Crippen LogP) is 6.01. The van der Waals surface area contributed by atoms with Crippen LogP contribution in [0.2, 0.25) is 0 Å². The van der Waals surface area contributed by atoms with E-state index in [1.165, 1.54) is 0 Å². The Kier molecular flexibility index (Phi) is 7.31. The van der Waals surface area contributed by atoms with E-state index in [1.807, 2.05) is 31.0 Å². The van der Waals surface area contributed by atoms with E-state index in [4.69, 9.17) is 10.5 Å². The topological polar surface area (TPSA) is 97.5 Å². The largest absolute Gasteiger partial charge is 0.448 e. The Morgan fingerprint density at radius 2 is 1.89 bits per heavy atom. The van der Waals surface area contributed by atoms with Gasteiger partial charge in [-0.15, -0.1) is 0 Å². The summed E-state index contributed by atoms with van der Waals surface area (Å²) in [6.45, 7) is 5.15. The van der Waals surface area contributed by atoms with Gasteiger partial charge in [0.2, 0.25) is 5.91 Å². The lowest BCUT2D eigenvalue weighted by Crippen LogP contribution is -2.39. The molecule has 0 bridgehead atoms. The molecule has 2 aliphatic rings. The van der Waals surface area contributed by atoms with Gasteiger partial charge in [-0.3, -0.25) is 4.79 Å². The van der Waals surface area contributed by atoms with Crippen LogP contribution in [-0.4, -0.2) is 41.1 Å². The zero-order valence-electron chi connectivity index (χ0n) is 21.4. The highest BCUT2D eigenvalue weighted by molar-refractivity contribution is 7.08. The zero-order valence-corrected chi connectivity index (χ0v) is 22.2. The molecule has 3 heterocycles. The molecule has 37 heavy (non-hydrogen) atoms. The van der Waals surface area contributed by atoms with Gasteiger partial charge in [-0.2, -0.15) is 11.3 Å². The molecule has 8 heteroatoms. The molecule has 3 aromatic rings. The predicted molar refractivity (Wildman–Crippen MR) is 147 cm³/mol. The van der Waals surface area contributed by atoms with Crippen molar-refractivity contribution in [2.75, 3.05) is 18.5 Å². The summed E-state index contributed by atoms with van der Waals surface area (Å²) < 4.78 is 5.08. The number of carbonyl (C=O) groups is 2.